The van der Waals surface area contributed by atoms with Gasteiger partial charge in [0.15, 0.2) is 0 Å². The molecule has 112 valence electrons. The molecule has 0 fully saturated rings. The van der Waals surface area contributed by atoms with E-state index in [1.165, 1.54) is 11.8 Å². The van der Waals surface area contributed by atoms with E-state index < -0.39 is 14.2 Å². The van der Waals surface area contributed by atoms with Crippen molar-refractivity contribution in [2.24, 2.45) is 0 Å². The highest BCUT2D eigenvalue weighted by molar-refractivity contribution is 9.40. The van der Waals surface area contributed by atoms with E-state index in [2.05, 4.69) is 47.8 Å². The quantitative estimate of drug-likeness (QED) is 0.374. The summed E-state index contributed by atoms with van der Waals surface area (Å²) in [5, 5.41) is 9.76. The molecule has 0 spiro atoms. The Kier molecular flexibility index (Phi) is 7.89. The molecule has 1 aromatic carbocycles. The lowest BCUT2D eigenvalue weighted by molar-refractivity contribution is -0.144. The zero-order chi connectivity index (χ0) is 15.2. The molecule has 1 rings (SSSR count). The predicted molar refractivity (Wildman–Crippen MR) is 90.2 cm³/mol. The van der Waals surface area contributed by atoms with E-state index in [9.17, 15) is 9.90 Å². The Morgan fingerprint density at radius 3 is 2.45 bits per heavy atom. The van der Waals surface area contributed by atoms with Crippen molar-refractivity contribution < 1.29 is 19.4 Å². The lowest BCUT2D eigenvalue weighted by Crippen LogP contribution is -2.26. The number of thioether (sulfide) groups is 1. The van der Waals surface area contributed by atoms with Gasteiger partial charge in [0.05, 0.1) is 13.2 Å². The average molecular weight is 493 g/mol. The second kappa shape index (κ2) is 8.63. The molecule has 0 aliphatic rings. The number of aliphatic hydroxyl groups excluding tert-OH is 1. The van der Waals surface area contributed by atoms with Crippen molar-refractivity contribution in [3.63, 3.8) is 0 Å². The SMILES string of the molecule is COc1ccc(SCC(O)COC(=O)C(Br)(Br)Br)cc1. The van der Waals surface area contributed by atoms with E-state index in [1.807, 2.05) is 24.3 Å². The van der Waals surface area contributed by atoms with Crippen molar-refractivity contribution in [2.75, 3.05) is 19.5 Å². The molecule has 1 N–H and O–H groups in total. The Morgan fingerprint density at radius 2 is 1.95 bits per heavy atom. The monoisotopic (exact) mass is 490 g/mol. The molecule has 20 heavy (non-hydrogen) atoms. The highest BCUT2D eigenvalue weighted by atomic mass is 80.0. The van der Waals surface area contributed by atoms with Gasteiger partial charge in [-0.05, 0) is 72.1 Å². The number of alkyl halides is 3. The summed E-state index contributed by atoms with van der Waals surface area (Å²) >= 11 is 10.6. The van der Waals surface area contributed by atoms with Gasteiger partial charge in [0.25, 0.3) is 0 Å². The average Bonchev–Trinajstić information content (AvgIpc) is 2.41. The maximum absolute atomic E-state index is 11.4. The van der Waals surface area contributed by atoms with Crippen LogP contribution in [-0.4, -0.2) is 38.8 Å². The molecule has 0 saturated heterocycles. The van der Waals surface area contributed by atoms with Crippen LogP contribution in [-0.2, 0) is 9.53 Å². The number of aliphatic hydroxyl groups is 1. The third-order valence-electron chi connectivity index (χ3n) is 2.14. The molecule has 0 heterocycles. The topological polar surface area (TPSA) is 55.8 Å². The van der Waals surface area contributed by atoms with E-state index in [0.717, 1.165) is 10.6 Å². The van der Waals surface area contributed by atoms with Gasteiger partial charge in [0, 0.05) is 10.6 Å². The van der Waals surface area contributed by atoms with Gasteiger partial charge >= 0.3 is 5.97 Å². The minimum Gasteiger partial charge on any atom is -0.497 e. The molecule has 1 aromatic rings. The summed E-state index contributed by atoms with van der Waals surface area (Å²) in [6, 6.07) is 7.51. The Hall–Kier alpha value is 0.240. The zero-order valence-electron chi connectivity index (χ0n) is 10.5. The third-order valence-corrected chi connectivity index (χ3v) is 4.27. The molecule has 0 aliphatic heterocycles. The first-order valence-electron chi connectivity index (χ1n) is 5.52. The van der Waals surface area contributed by atoms with Gasteiger partial charge in [-0.15, -0.1) is 11.8 Å². The number of rotatable bonds is 6. The maximum atomic E-state index is 11.4. The summed E-state index contributed by atoms with van der Waals surface area (Å²) in [6.45, 7) is -0.0630. The van der Waals surface area contributed by atoms with Crippen LogP contribution in [0.3, 0.4) is 0 Å². The first-order valence-corrected chi connectivity index (χ1v) is 8.88. The number of carbonyl (C=O) groups excluding carboxylic acids is 1. The van der Waals surface area contributed by atoms with Crippen LogP contribution >= 0.6 is 59.6 Å². The third kappa shape index (κ3) is 6.80. The van der Waals surface area contributed by atoms with Crippen LogP contribution < -0.4 is 4.74 Å². The second-order valence-corrected chi connectivity index (χ2v) is 11.6. The van der Waals surface area contributed by atoms with E-state index in [1.54, 1.807) is 7.11 Å². The number of methoxy groups -OCH3 is 1. The zero-order valence-corrected chi connectivity index (χ0v) is 16.1. The van der Waals surface area contributed by atoms with Crippen molar-refractivity contribution in [1.29, 1.82) is 0 Å². The van der Waals surface area contributed by atoms with Crippen LogP contribution in [0.1, 0.15) is 0 Å². The first kappa shape index (κ1) is 18.3. The van der Waals surface area contributed by atoms with E-state index in [-0.39, 0.29) is 6.61 Å². The number of ether oxygens (including phenoxy) is 2. The van der Waals surface area contributed by atoms with Crippen molar-refractivity contribution in [3.05, 3.63) is 24.3 Å². The van der Waals surface area contributed by atoms with E-state index >= 15 is 0 Å². The predicted octanol–water partition coefficient (Wildman–Crippen LogP) is 3.53. The summed E-state index contributed by atoms with van der Waals surface area (Å²) in [5.41, 5.74) is 0. The van der Waals surface area contributed by atoms with Gasteiger partial charge in [-0.25, -0.2) is 4.79 Å². The molecule has 0 amide bonds. The van der Waals surface area contributed by atoms with Crippen LogP contribution in [0.5, 0.6) is 5.75 Å². The van der Waals surface area contributed by atoms with Crippen molar-refractivity contribution in [3.8, 4) is 5.75 Å². The summed E-state index contributed by atoms with van der Waals surface area (Å²) in [4.78, 5) is 12.4. The molecule has 1 atom stereocenters. The molecule has 8 heteroatoms. The van der Waals surface area contributed by atoms with Crippen molar-refractivity contribution >= 4 is 65.5 Å². The number of benzene rings is 1. The Balaban J connectivity index is 2.32. The molecule has 0 radical (unpaired) electrons. The number of hydrogen-bond acceptors (Lipinski definition) is 5. The van der Waals surface area contributed by atoms with Crippen molar-refractivity contribution in [2.45, 2.75) is 13.1 Å². The van der Waals surface area contributed by atoms with Gasteiger partial charge in [0.2, 0.25) is 2.14 Å². The number of halogens is 3. The largest absolute Gasteiger partial charge is 0.497 e. The number of esters is 1. The van der Waals surface area contributed by atoms with Crippen LogP contribution in [0.4, 0.5) is 0 Å². The van der Waals surface area contributed by atoms with Crippen molar-refractivity contribution in [1.82, 2.24) is 0 Å². The number of carbonyl (C=O) groups is 1. The maximum Gasteiger partial charge on any atom is 0.345 e. The Labute approximate surface area is 147 Å². The molecule has 1 unspecified atom stereocenters. The van der Waals surface area contributed by atoms with E-state index in [0.29, 0.717) is 5.75 Å². The molecule has 4 nitrogen and oxygen atoms in total. The molecule has 0 saturated carbocycles. The summed E-state index contributed by atoms with van der Waals surface area (Å²) in [6.07, 6.45) is -0.735. The van der Waals surface area contributed by atoms with Crippen LogP contribution in [0.25, 0.3) is 0 Å². The normalized spacial score (nSPS) is 12.8. The molecular weight excluding hydrogens is 480 g/mol. The van der Waals surface area contributed by atoms with Gasteiger partial charge in [-0.2, -0.15) is 0 Å². The fourth-order valence-corrected chi connectivity index (χ4v) is 2.32. The Morgan fingerprint density at radius 1 is 1.35 bits per heavy atom. The second-order valence-electron chi connectivity index (χ2n) is 3.74. The minimum atomic E-state index is -1.10. The highest BCUT2D eigenvalue weighted by Crippen LogP contribution is 2.34. The Bertz CT molecular complexity index is 433. The number of hydrogen-bond donors (Lipinski definition) is 1. The van der Waals surface area contributed by atoms with Crippen LogP contribution in [0.2, 0.25) is 0 Å². The van der Waals surface area contributed by atoms with E-state index in [4.69, 9.17) is 9.47 Å². The summed E-state index contributed by atoms with van der Waals surface area (Å²) in [5.74, 6) is 0.664. The lowest BCUT2D eigenvalue weighted by atomic mass is 10.3. The summed E-state index contributed by atoms with van der Waals surface area (Å²) in [7, 11) is 1.61. The molecule has 0 aromatic heterocycles. The molecular formula is C12H13Br3O4S. The van der Waals surface area contributed by atoms with Gasteiger partial charge < -0.3 is 14.6 Å². The van der Waals surface area contributed by atoms with Crippen LogP contribution in [0.15, 0.2) is 29.2 Å². The van der Waals surface area contributed by atoms with Gasteiger partial charge in [-0.1, -0.05) is 0 Å². The highest BCUT2D eigenvalue weighted by Gasteiger charge is 2.30. The fourth-order valence-electron chi connectivity index (χ4n) is 1.17. The van der Waals surface area contributed by atoms with Gasteiger partial charge in [0.1, 0.15) is 12.4 Å². The first-order chi connectivity index (χ1) is 9.32. The molecule has 0 bridgehead atoms. The van der Waals surface area contributed by atoms with Gasteiger partial charge in [-0.3, -0.25) is 0 Å². The van der Waals surface area contributed by atoms with Crippen LogP contribution in [0, 0.1) is 0 Å². The lowest BCUT2D eigenvalue weighted by Gasteiger charge is -2.14. The fraction of sp³-hybridized carbons (Fsp3) is 0.417. The summed E-state index contributed by atoms with van der Waals surface area (Å²) < 4.78 is 8.89. The molecule has 0 aliphatic carbocycles. The minimum absolute atomic E-state index is 0.0630. The standard InChI is InChI=1S/C12H13Br3O4S/c1-18-9-2-4-10(5-3-9)20-7-8(16)6-19-11(17)12(13,14)15/h2-5,8,16H,6-7H2,1H3. The smallest absolute Gasteiger partial charge is 0.345 e.